The van der Waals surface area contributed by atoms with Crippen LogP contribution in [0.2, 0.25) is 0 Å². The molecule has 0 radical (unpaired) electrons. The largest absolute Gasteiger partial charge is 0.465 e. The molecule has 41 heavy (non-hydrogen) atoms. The number of carbonyl (C=O) groups is 5. The van der Waals surface area contributed by atoms with E-state index in [0.717, 1.165) is 4.90 Å². The molecule has 0 aromatic carbocycles. The van der Waals surface area contributed by atoms with E-state index in [1.807, 2.05) is 0 Å². The predicted octanol–water partition coefficient (Wildman–Crippen LogP) is 3.23. The molecule has 3 rings (SSSR count). The smallest absolute Gasteiger partial charge is 0.405 e. The van der Waals surface area contributed by atoms with Crippen LogP contribution < -0.4 is 16.0 Å². The number of Topliss-reactive ketones (excluding diaryl/α,β-unsaturated/α-hetero) is 1. The maximum atomic E-state index is 14.0. The van der Waals surface area contributed by atoms with Gasteiger partial charge in [0.15, 0.2) is 0 Å². The molecule has 3 aliphatic rings. The normalized spacial score (nSPS) is 23.4. The number of amides is 4. The van der Waals surface area contributed by atoms with Gasteiger partial charge in [-0.25, -0.2) is 22.4 Å². The van der Waals surface area contributed by atoms with Crippen molar-refractivity contribution in [2.75, 3.05) is 6.54 Å². The van der Waals surface area contributed by atoms with Crippen molar-refractivity contribution in [1.29, 1.82) is 0 Å². The third-order valence-corrected chi connectivity index (χ3v) is 8.16. The summed E-state index contributed by atoms with van der Waals surface area (Å²) in [5.74, 6) is -9.84. The number of likely N-dealkylation sites (tertiary alicyclic amines) is 1. The highest BCUT2D eigenvalue weighted by Crippen LogP contribution is 2.50. The topological polar surface area (TPSA) is 145 Å². The van der Waals surface area contributed by atoms with Gasteiger partial charge in [0.2, 0.25) is 29.4 Å². The Balaban J connectivity index is 1.89. The van der Waals surface area contributed by atoms with Gasteiger partial charge in [-0.05, 0) is 56.3 Å². The number of rotatable bonds is 10. The summed E-state index contributed by atoms with van der Waals surface area (Å²) in [5.41, 5.74) is -1.79. The van der Waals surface area contributed by atoms with E-state index in [1.165, 1.54) is 0 Å². The van der Waals surface area contributed by atoms with Crippen LogP contribution in [0.4, 0.5) is 22.4 Å². The van der Waals surface area contributed by atoms with E-state index < -0.39 is 96.1 Å². The first kappa shape index (κ1) is 32.6. The highest BCUT2D eigenvalue weighted by molar-refractivity contribution is 6.38. The van der Waals surface area contributed by atoms with E-state index in [1.54, 1.807) is 20.8 Å². The molecule has 0 aromatic heterocycles. The van der Waals surface area contributed by atoms with Crippen molar-refractivity contribution in [3.05, 3.63) is 0 Å². The first-order chi connectivity index (χ1) is 18.7. The lowest BCUT2D eigenvalue weighted by Gasteiger charge is -2.38. The zero-order valence-electron chi connectivity index (χ0n) is 23.8. The van der Waals surface area contributed by atoms with Crippen LogP contribution in [0, 0.1) is 10.8 Å². The minimum Gasteiger partial charge on any atom is -0.465 e. The monoisotopic (exact) mass is 592 g/mol. The van der Waals surface area contributed by atoms with Gasteiger partial charge in [-0.2, -0.15) is 0 Å². The number of carboxylic acid groups (broad SMARTS) is 1. The molecule has 2 saturated carbocycles. The minimum atomic E-state index is -3.19. The summed E-state index contributed by atoms with van der Waals surface area (Å²) in [7, 11) is 0. The second kappa shape index (κ2) is 11.7. The fourth-order valence-corrected chi connectivity index (χ4v) is 5.55. The maximum Gasteiger partial charge on any atom is 0.405 e. The Bertz CT molecular complexity index is 1040. The van der Waals surface area contributed by atoms with Gasteiger partial charge in [-0.1, -0.05) is 20.8 Å². The predicted molar refractivity (Wildman–Crippen MR) is 138 cm³/mol. The second-order valence-electron chi connectivity index (χ2n) is 13.1. The molecule has 1 saturated heterocycles. The van der Waals surface area contributed by atoms with Crippen molar-refractivity contribution in [3.8, 4) is 0 Å². The minimum absolute atomic E-state index is 0.00825. The number of carbonyl (C=O) groups excluding carboxylic acids is 4. The van der Waals surface area contributed by atoms with Crippen LogP contribution in [0.25, 0.3) is 0 Å². The number of nitrogens with one attached hydrogen (secondary N) is 3. The van der Waals surface area contributed by atoms with Gasteiger partial charge in [-0.15, -0.1) is 0 Å². The van der Waals surface area contributed by atoms with E-state index in [2.05, 4.69) is 16.0 Å². The van der Waals surface area contributed by atoms with Gasteiger partial charge in [0, 0.05) is 31.8 Å². The summed E-state index contributed by atoms with van der Waals surface area (Å²) in [5, 5.41) is 16.4. The SMILES string of the molecule is CC(F)(F)CCC(NC(=O)C1CC2(CCC(F)(F)CC2)CN1C(=O)[C@@H](NC(=O)O)C(C)(C)C)C(=O)C(=O)NC1CC1. The summed E-state index contributed by atoms with van der Waals surface area (Å²) < 4.78 is 55.4. The number of hydrogen-bond donors (Lipinski definition) is 4. The Kier molecular flexibility index (Phi) is 9.34. The van der Waals surface area contributed by atoms with Gasteiger partial charge >= 0.3 is 6.09 Å². The van der Waals surface area contributed by atoms with E-state index in [-0.39, 0.29) is 31.8 Å². The Hall–Kier alpha value is -2.93. The quantitative estimate of drug-likeness (QED) is 0.227. The molecule has 10 nitrogen and oxygen atoms in total. The molecule has 3 atom stereocenters. The van der Waals surface area contributed by atoms with Gasteiger partial charge in [0.25, 0.3) is 5.91 Å². The fraction of sp³-hybridized carbons (Fsp3) is 0.815. The molecule has 1 heterocycles. The van der Waals surface area contributed by atoms with Crippen molar-refractivity contribution in [1.82, 2.24) is 20.9 Å². The molecule has 2 unspecified atom stereocenters. The number of ketones is 1. The molecule has 1 spiro atoms. The third-order valence-electron chi connectivity index (χ3n) is 8.16. The molecule has 1 aliphatic heterocycles. The van der Waals surface area contributed by atoms with Crippen LogP contribution in [0.1, 0.15) is 85.5 Å². The second-order valence-corrected chi connectivity index (χ2v) is 13.1. The highest BCUT2D eigenvalue weighted by atomic mass is 19.3. The van der Waals surface area contributed by atoms with Crippen molar-refractivity contribution in [2.45, 2.75) is 121 Å². The van der Waals surface area contributed by atoms with E-state index in [4.69, 9.17) is 0 Å². The average Bonchev–Trinajstić information content (AvgIpc) is 3.57. The van der Waals surface area contributed by atoms with Crippen LogP contribution >= 0.6 is 0 Å². The molecule has 3 fully saturated rings. The molecular formula is C27H40F4N4O6. The lowest BCUT2D eigenvalue weighted by Crippen LogP contribution is -2.59. The summed E-state index contributed by atoms with van der Waals surface area (Å²) in [6.07, 6.45) is -2.41. The number of halogens is 4. The van der Waals surface area contributed by atoms with Crippen LogP contribution in [-0.2, 0) is 19.2 Å². The number of nitrogens with zero attached hydrogens (tertiary/aromatic N) is 1. The van der Waals surface area contributed by atoms with Gasteiger partial charge in [0.05, 0.1) is 6.04 Å². The Morgan fingerprint density at radius 2 is 1.56 bits per heavy atom. The molecule has 232 valence electrons. The molecule has 4 amide bonds. The lowest BCUT2D eigenvalue weighted by atomic mass is 9.71. The van der Waals surface area contributed by atoms with E-state index >= 15 is 0 Å². The van der Waals surface area contributed by atoms with Crippen molar-refractivity contribution < 1.29 is 46.6 Å². The fourth-order valence-electron chi connectivity index (χ4n) is 5.55. The average molecular weight is 593 g/mol. The van der Waals surface area contributed by atoms with Gasteiger partial charge in [0.1, 0.15) is 12.1 Å². The summed E-state index contributed by atoms with van der Waals surface area (Å²) in [6.45, 7) is 5.40. The van der Waals surface area contributed by atoms with Crippen LogP contribution in [0.3, 0.4) is 0 Å². The lowest BCUT2D eigenvalue weighted by molar-refractivity contribution is -0.144. The molecule has 0 bridgehead atoms. The molecule has 14 heteroatoms. The van der Waals surface area contributed by atoms with Crippen molar-refractivity contribution >= 4 is 29.6 Å². The highest BCUT2D eigenvalue weighted by Gasteiger charge is 2.54. The van der Waals surface area contributed by atoms with E-state index in [0.29, 0.717) is 19.8 Å². The first-order valence-electron chi connectivity index (χ1n) is 13.9. The third kappa shape index (κ3) is 8.78. The number of alkyl halides is 4. The van der Waals surface area contributed by atoms with Crippen LogP contribution in [-0.4, -0.2) is 82.2 Å². The Labute approximate surface area is 236 Å². The maximum absolute atomic E-state index is 14.0. The molecule has 2 aliphatic carbocycles. The van der Waals surface area contributed by atoms with Crippen molar-refractivity contribution in [3.63, 3.8) is 0 Å². The molecular weight excluding hydrogens is 552 g/mol. The Morgan fingerprint density at radius 3 is 2.05 bits per heavy atom. The zero-order chi connectivity index (χ0) is 31.0. The molecule has 0 aromatic rings. The summed E-state index contributed by atoms with van der Waals surface area (Å²) in [6, 6.07) is -4.39. The number of hydrogen-bond acceptors (Lipinski definition) is 5. The van der Waals surface area contributed by atoms with Crippen LogP contribution in [0.5, 0.6) is 0 Å². The van der Waals surface area contributed by atoms with Crippen molar-refractivity contribution in [2.24, 2.45) is 10.8 Å². The molecule has 4 N–H and O–H groups in total. The standard InChI is InChI=1S/C27H40F4N4O6/c1-24(2,3)19(34-23(40)41)22(39)35-14-26(9-11-27(30,31)12-10-26)13-17(35)20(37)33-16(7-8-25(4,28)29)18(36)21(38)32-15-5-6-15/h15-17,19,34H,5-14H2,1-4H3,(H,32,38)(H,33,37)(H,40,41)/t16?,17?,19-/m1/s1. The van der Waals surface area contributed by atoms with Gasteiger partial charge in [-0.3, -0.25) is 19.2 Å². The first-order valence-corrected chi connectivity index (χ1v) is 13.9. The Morgan fingerprint density at radius 1 is 0.976 bits per heavy atom. The summed E-state index contributed by atoms with van der Waals surface area (Å²) >= 11 is 0. The summed E-state index contributed by atoms with van der Waals surface area (Å²) in [4.78, 5) is 65.4. The zero-order valence-corrected chi connectivity index (χ0v) is 23.8. The van der Waals surface area contributed by atoms with E-state index in [9.17, 15) is 46.6 Å². The van der Waals surface area contributed by atoms with Gasteiger partial charge < -0.3 is 26.0 Å². The van der Waals surface area contributed by atoms with Crippen LogP contribution in [0.15, 0.2) is 0 Å².